The van der Waals surface area contributed by atoms with Gasteiger partial charge in [-0.05, 0) is 38.5 Å². The molecule has 0 fully saturated rings. The molecule has 0 saturated heterocycles. The van der Waals surface area contributed by atoms with Gasteiger partial charge in [-0.1, -0.05) is 11.8 Å². The average molecular weight is 347 g/mol. The van der Waals surface area contributed by atoms with Gasteiger partial charge in [0.1, 0.15) is 5.82 Å². The molecule has 1 amide bonds. The molecule has 7 nitrogen and oxygen atoms in total. The van der Waals surface area contributed by atoms with E-state index in [4.69, 9.17) is 0 Å². The summed E-state index contributed by atoms with van der Waals surface area (Å²) in [6.45, 7) is 6.58. The number of aryl methyl sites for hydroxylation is 2. The molecule has 1 atom stereocenters. The molecule has 128 valence electrons. The second-order valence-corrected chi connectivity index (χ2v) is 6.72. The number of hydrogen-bond donors (Lipinski definition) is 3. The van der Waals surface area contributed by atoms with Gasteiger partial charge in [-0.2, -0.15) is 0 Å². The fourth-order valence-corrected chi connectivity index (χ4v) is 2.86. The van der Waals surface area contributed by atoms with Gasteiger partial charge in [-0.15, -0.1) is 0 Å². The van der Waals surface area contributed by atoms with Crippen LogP contribution >= 0.6 is 11.8 Å². The highest BCUT2D eigenvalue weighted by Crippen LogP contribution is 2.18. The number of aromatic nitrogens is 3. The number of hydrogen-bond acceptors (Lipinski definition) is 6. The zero-order chi connectivity index (χ0) is 17.5. The van der Waals surface area contributed by atoms with Crippen LogP contribution in [0.3, 0.4) is 0 Å². The lowest BCUT2D eigenvalue weighted by Crippen LogP contribution is -2.34. The van der Waals surface area contributed by atoms with Crippen LogP contribution in [-0.2, 0) is 4.79 Å². The molecule has 0 aliphatic heterocycles. The molecular weight excluding hydrogens is 326 g/mol. The molecule has 0 saturated carbocycles. The molecular formula is C16H21N5O2S. The number of rotatable bonds is 7. The Bertz CT molecular complexity index is 762. The molecule has 0 radical (unpaired) electrons. The van der Waals surface area contributed by atoms with Crippen LogP contribution in [-0.4, -0.2) is 39.2 Å². The number of nitrogens with one attached hydrogen (secondary N) is 3. The topological polar surface area (TPSA) is 99.8 Å². The third-order valence-corrected chi connectivity index (χ3v) is 4.14. The molecule has 2 rings (SSSR count). The normalized spacial score (nSPS) is 11.8. The molecule has 0 aliphatic carbocycles. The molecule has 2 aromatic rings. The van der Waals surface area contributed by atoms with Gasteiger partial charge in [-0.3, -0.25) is 9.59 Å². The van der Waals surface area contributed by atoms with Crippen molar-refractivity contribution >= 4 is 23.5 Å². The van der Waals surface area contributed by atoms with Crippen molar-refractivity contribution < 1.29 is 4.79 Å². The van der Waals surface area contributed by atoms with Gasteiger partial charge in [0.05, 0.1) is 5.25 Å². The highest BCUT2D eigenvalue weighted by Gasteiger charge is 2.15. The van der Waals surface area contributed by atoms with Crippen LogP contribution in [0.2, 0.25) is 0 Å². The number of aromatic amines is 1. The van der Waals surface area contributed by atoms with E-state index >= 15 is 0 Å². The summed E-state index contributed by atoms with van der Waals surface area (Å²) >= 11 is 1.22. The number of anilines is 1. The van der Waals surface area contributed by atoms with Crippen molar-refractivity contribution in [3.63, 3.8) is 0 Å². The van der Waals surface area contributed by atoms with Gasteiger partial charge in [0, 0.05) is 31.0 Å². The minimum atomic E-state index is -0.355. The van der Waals surface area contributed by atoms with E-state index in [1.54, 1.807) is 20.0 Å². The van der Waals surface area contributed by atoms with E-state index in [0.29, 0.717) is 23.9 Å². The van der Waals surface area contributed by atoms with E-state index in [1.807, 2.05) is 19.1 Å². The lowest BCUT2D eigenvalue weighted by Gasteiger charge is -2.12. The third kappa shape index (κ3) is 5.69. The van der Waals surface area contributed by atoms with E-state index < -0.39 is 0 Å². The van der Waals surface area contributed by atoms with Gasteiger partial charge in [0.25, 0.3) is 5.56 Å². The molecule has 2 aromatic heterocycles. The van der Waals surface area contributed by atoms with Crippen LogP contribution in [0.15, 0.2) is 34.3 Å². The standard InChI is InChI=1S/C16H21N5O2S/c1-10-4-5-17-13(8-10)18-6-7-19-15(23)12(3)24-16-20-11(2)9-14(22)21-16/h4-5,8-9,12H,6-7H2,1-3H3,(H,17,18)(H,19,23)(H,20,21,22)/t12-/m0/s1. The first-order valence-electron chi connectivity index (χ1n) is 7.63. The number of carbonyl (C=O) groups excluding carboxylic acids is 1. The number of nitrogens with zero attached hydrogens (tertiary/aromatic N) is 2. The summed E-state index contributed by atoms with van der Waals surface area (Å²) in [5.74, 6) is 0.677. The highest BCUT2D eigenvalue weighted by molar-refractivity contribution is 8.00. The van der Waals surface area contributed by atoms with Crippen molar-refractivity contribution in [2.45, 2.75) is 31.2 Å². The van der Waals surface area contributed by atoms with Crippen molar-refractivity contribution in [3.8, 4) is 0 Å². The lowest BCUT2D eigenvalue weighted by molar-refractivity contribution is -0.120. The molecule has 0 aromatic carbocycles. The van der Waals surface area contributed by atoms with Gasteiger partial charge in [-0.25, -0.2) is 9.97 Å². The Morgan fingerprint density at radius 3 is 2.83 bits per heavy atom. The Morgan fingerprint density at radius 2 is 2.12 bits per heavy atom. The Labute approximate surface area is 144 Å². The van der Waals surface area contributed by atoms with Crippen LogP contribution in [0.25, 0.3) is 0 Å². The number of carbonyl (C=O) groups is 1. The predicted molar refractivity (Wildman–Crippen MR) is 95.4 cm³/mol. The van der Waals surface area contributed by atoms with Crippen LogP contribution in [0.1, 0.15) is 18.2 Å². The van der Waals surface area contributed by atoms with Gasteiger partial charge in [0.15, 0.2) is 5.16 Å². The van der Waals surface area contributed by atoms with Crippen LogP contribution in [0.4, 0.5) is 5.82 Å². The van der Waals surface area contributed by atoms with E-state index in [2.05, 4.69) is 25.6 Å². The molecule has 0 spiro atoms. The third-order valence-electron chi connectivity index (χ3n) is 3.15. The fourth-order valence-electron chi connectivity index (χ4n) is 1.98. The summed E-state index contributed by atoms with van der Waals surface area (Å²) in [5.41, 5.74) is 1.54. The summed E-state index contributed by atoms with van der Waals surface area (Å²) in [5, 5.41) is 6.09. The summed E-state index contributed by atoms with van der Waals surface area (Å²) in [6, 6.07) is 5.29. The number of thioether (sulfide) groups is 1. The largest absolute Gasteiger partial charge is 0.368 e. The molecule has 0 aliphatic rings. The van der Waals surface area contributed by atoms with Crippen molar-refractivity contribution in [2.75, 3.05) is 18.4 Å². The Balaban J connectivity index is 1.76. The zero-order valence-electron chi connectivity index (χ0n) is 13.9. The van der Waals surface area contributed by atoms with Crippen LogP contribution < -0.4 is 16.2 Å². The molecule has 3 N–H and O–H groups in total. The van der Waals surface area contributed by atoms with Gasteiger partial charge in [0.2, 0.25) is 5.91 Å². The zero-order valence-corrected chi connectivity index (χ0v) is 14.7. The second-order valence-electron chi connectivity index (χ2n) is 5.39. The first-order chi connectivity index (χ1) is 11.4. The van der Waals surface area contributed by atoms with E-state index in [1.165, 1.54) is 17.8 Å². The van der Waals surface area contributed by atoms with Gasteiger partial charge >= 0.3 is 0 Å². The molecule has 24 heavy (non-hydrogen) atoms. The first kappa shape index (κ1) is 18.0. The number of pyridine rings is 1. The predicted octanol–water partition coefficient (Wildman–Crippen LogP) is 1.49. The molecule has 0 unspecified atom stereocenters. The number of H-pyrrole nitrogens is 1. The molecule has 2 heterocycles. The van der Waals surface area contributed by atoms with Crippen LogP contribution in [0.5, 0.6) is 0 Å². The van der Waals surface area contributed by atoms with Gasteiger partial charge < -0.3 is 15.6 Å². The van der Waals surface area contributed by atoms with Crippen LogP contribution in [0, 0.1) is 13.8 Å². The summed E-state index contributed by atoms with van der Waals surface area (Å²) in [7, 11) is 0. The van der Waals surface area contributed by atoms with E-state index in [-0.39, 0.29) is 16.7 Å². The van der Waals surface area contributed by atoms with Crippen molar-refractivity contribution in [3.05, 3.63) is 46.0 Å². The molecule has 8 heteroatoms. The minimum absolute atomic E-state index is 0.108. The fraction of sp³-hybridized carbons (Fsp3) is 0.375. The second kappa shape index (κ2) is 8.49. The minimum Gasteiger partial charge on any atom is -0.368 e. The Kier molecular flexibility index (Phi) is 6.36. The summed E-state index contributed by atoms with van der Waals surface area (Å²) < 4.78 is 0. The summed E-state index contributed by atoms with van der Waals surface area (Å²) in [4.78, 5) is 34.5. The lowest BCUT2D eigenvalue weighted by atomic mass is 10.3. The maximum Gasteiger partial charge on any atom is 0.251 e. The van der Waals surface area contributed by atoms with Crippen molar-refractivity contribution in [2.24, 2.45) is 0 Å². The quantitative estimate of drug-likeness (QED) is 0.399. The summed E-state index contributed by atoms with van der Waals surface area (Å²) in [6.07, 6.45) is 1.74. The van der Waals surface area contributed by atoms with Crippen molar-refractivity contribution in [1.29, 1.82) is 0 Å². The monoisotopic (exact) mass is 347 g/mol. The first-order valence-corrected chi connectivity index (χ1v) is 8.51. The Hall–Kier alpha value is -2.35. The maximum atomic E-state index is 12.1. The SMILES string of the molecule is Cc1ccnc(NCCNC(=O)[C@H](C)Sc2nc(C)cc(=O)[nH]2)c1. The average Bonchev–Trinajstić information content (AvgIpc) is 2.50. The Morgan fingerprint density at radius 1 is 1.33 bits per heavy atom. The highest BCUT2D eigenvalue weighted by atomic mass is 32.2. The smallest absolute Gasteiger partial charge is 0.251 e. The molecule has 0 bridgehead atoms. The van der Waals surface area contributed by atoms with E-state index in [9.17, 15) is 9.59 Å². The van der Waals surface area contributed by atoms with Crippen molar-refractivity contribution in [1.82, 2.24) is 20.3 Å². The van der Waals surface area contributed by atoms with E-state index in [0.717, 1.165) is 11.4 Å². The maximum absolute atomic E-state index is 12.1. The number of amides is 1.